The Morgan fingerprint density at radius 3 is 2.18 bits per heavy atom. The van der Waals surface area contributed by atoms with Crippen LogP contribution >= 0.6 is 0 Å². The standard InChI is InChI=1S/C15H16N2/c1-11(2)8-13-4-6-14(7-5-13)15-9-16-12(3)17-10-15/h4-7,9-10H,1,8H2,2-3H3. The smallest absolute Gasteiger partial charge is 0.125 e. The monoisotopic (exact) mass is 224 g/mol. The molecular formula is C15H16N2. The molecule has 0 saturated carbocycles. The Labute approximate surface area is 102 Å². The highest BCUT2D eigenvalue weighted by atomic mass is 14.8. The summed E-state index contributed by atoms with van der Waals surface area (Å²) in [7, 11) is 0. The summed E-state index contributed by atoms with van der Waals surface area (Å²) in [5.41, 5.74) is 4.67. The lowest BCUT2D eigenvalue weighted by atomic mass is 10.0. The Hall–Kier alpha value is -1.96. The number of hydrogen-bond acceptors (Lipinski definition) is 2. The van der Waals surface area contributed by atoms with Crippen molar-refractivity contribution in [1.82, 2.24) is 9.97 Å². The summed E-state index contributed by atoms with van der Waals surface area (Å²) in [6, 6.07) is 8.46. The largest absolute Gasteiger partial charge is 0.241 e. The number of rotatable bonds is 3. The summed E-state index contributed by atoms with van der Waals surface area (Å²) < 4.78 is 0. The summed E-state index contributed by atoms with van der Waals surface area (Å²) in [5.74, 6) is 0.799. The van der Waals surface area contributed by atoms with Crippen molar-refractivity contribution in [1.29, 1.82) is 0 Å². The van der Waals surface area contributed by atoms with Crippen LogP contribution in [0.15, 0.2) is 48.8 Å². The van der Waals surface area contributed by atoms with Gasteiger partial charge in [-0.2, -0.15) is 0 Å². The van der Waals surface area contributed by atoms with Gasteiger partial charge in [0.25, 0.3) is 0 Å². The Morgan fingerprint density at radius 2 is 1.65 bits per heavy atom. The van der Waals surface area contributed by atoms with E-state index in [9.17, 15) is 0 Å². The fourth-order valence-corrected chi connectivity index (χ4v) is 1.71. The van der Waals surface area contributed by atoms with Gasteiger partial charge in [-0.25, -0.2) is 9.97 Å². The average Bonchev–Trinajstić information content (AvgIpc) is 2.30. The van der Waals surface area contributed by atoms with E-state index in [4.69, 9.17) is 0 Å². The van der Waals surface area contributed by atoms with Crippen LogP contribution in [0.25, 0.3) is 11.1 Å². The fraction of sp³-hybridized carbons (Fsp3) is 0.200. The first-order chi connectivity index (χ1) is 8.15. The Morgan fingerprint density at radius 1 is 1.06 bits per heavy atom. The normalized spacial score (nSPS) is 10.2. The van der Waals surface area contributed by atoms with Gasteiger partial charge in [-0.1, -0.05) is 36.4 Å². The van der Waals surface area contributed by atoms with Gasteiger partial charge in [0.15, 0.2) is 0 Å². The van der Waals surface area contributed by atoms with Gasteiger partial charge in [0.2, 0.25) is 0 Å². The Kier molecular flexibility index (Phi) is 3.33. The van der Waals surface area contributed by atoms with Crippen LogP contribution in [0.4, 0.5) is 0 Å². The summed E-state index contributed by atoms with van der Waals surface area (Å²) >= 11 is 0. The van der Waals surface area contributed by atoms with Gasteiger partial charge in [-0.05, 0) is 31.4 Å². The van der Waals surface area contributed by atoms with E-state index in [1.54, 1.807) is 0 Å². The third-order valence-electron chi connectivity index (χ3n) is 2.57. The molecule has 0 spiro atoms. The van der Waals surface area contributed by atoms with Crippen LogP contribution in [0.3, 0.4) is 0 Å². The van der Waals surface area contributed by atoms with E-state index in [2.05, 4.69) is 40.8 Å². The summed E-state index contributed by atoms with van der Waals surface area (Å²) in [5, 5.41) is 0. The number of benzene rings is 1. The van der Waals surface area contributed by atoms with Gasteiger partial charge in [-0.3, -0.25) is 0 Å². The molecule has 1 heterocycles. The van der Waals surface area contributed by atoms with Gasteiger partial charge in [-0.15, -0.1) is 0 Å². The van der Waals surface area contributed by atoms with Gasteiger partial charge in [0, 0.05) is 18.0 Å². The third-order valence-corrected chi connectivity index (χ3v) is 2.57. The molecule has 0 aliphatic rings. The van der Waals surface area contributed by atoms with Crippen LogP contribution in [-0.4, -0.2) is 9.97 Å². The topological polar surface area (TPSA) is 25.8 Å². The van der Waals surface area contributed by atoms with E-state index in [1.165, 1.54) is 11.1 Å². The highest BCUT2D eigenvalue weighted by Gasteiger charge is 1.99. The van der Waals surface area contributed by atoms with Crippen molar-refractivity contribution >= 4 is 0 Å². The van der Waals surface area contributed by atoms with Crippen molar-refractivity contribution in [2.24, 2.45) is 0 Å². The predicted octanol–water partition coefficient (Wildman–Crippen LogP) is 3.57. The first-order valence-electron chi connectivity index (χ1n) is 5.67. The first kappa shape index (κ1) is 11.5. The van der Waals surface area contributed by atoms with Gasteiger partial charge in [0.05, 0.1) is 0 Å². The molecule has 0 atom stereocenters. The molecule has 0 unspecified atom stereocenters. The second-order valence-electron chi connectivity index (χ2n) is 4.35. The molecule has 0 aliphatic carbocycles. The minimum Gasteiger partial charge on any atom is -0.241 e. The molecule has 0 amide bonds. The molecule has 2 aromatic rings. The molecular weight excluding hydrogens is 208 g/mol. The van der Waals surface area contributed by atoms with Crippen LogP contribution in [0.2, 0.25) is 0 Å². The average molecular weight is 224 g/mol. The number of aromatic nitrogens is 2. The van der Waals surface area contributed by atoms with E-state index < -0.39 is 0 Å². The van der Waals surface area contributed by atoms with Gasteiger partial charge >= 0.3 is 0 Å². The minimum absolute atomic E-state index is 0.799. The Bertz CT molecular complexity index is 510. The second kappa shape index (κ2) is 4.91. The molecule has 2 heteroatoms. The van der Waals surface area contributed by atoms with Crippen LogP contribution in [0, 0.1) is 6.92 Å². The molecule has 0 radical (unpaired) electrons. The molecule has 0 fully saturated rings. The van der Waals surface area contributed by atoms with Crippen molar-refractivity contribution in [3.63, 3.8) is 0 Å². The maximum absolute atomic E-state index is 4.20. The quantitative estimate of drug-likeness (QED) is 0.745. The molecule has 0 aliphatic heterocycles. The van der Waals surface area contributed by atoms with E-state index in [1.807, 2.05) is 26.2 Å². The third kappa shape index (κ3) is 3.00. The molecule has 17 heavy (non-hydrogen) atoms. The summed E-state index contributed by atoms with van der Waals surface area (Å²) in [6.45, 7) is 7.85. The summed E-state index contributed by atoms with van der Waals surface area (Å²) in [4.78, 5) is 8.40. The SMILES string of the molecule is C=C(C)Cc1ccc(-c2cnc(C)nc2)cc1. The van der Waals surface area contributed by atoms with Gasteiger partial charge < -0.3 is 0 Å². The van der Waals surface area contributed by atoms with Crippen molar-refractivity contribution in [2.75, 3.05) is 0 Å². The maximum atomic E-state index is 4.20. The number of allylic oxidation sites excluding steroid dienone is 1. The van der Waals surface area contributed by atoms with Crippen molar-refractivity contribution in [2.45, 2.75) is 20.3 Å². The zero-order valence-electron chi connectivity index (χ0n) is 10.3. The Balaban J connectivity index is 2.23. The molecule has 1 aromatic carbocycles. The highest BCUT2D eigenvalue weighted by molar-refractivity contribution is 5.61. The fourth-order valence-electron chi connectivity index (χ4n) is 1.71. The lowest BCUT2D eigenvalue weighted by molar-refractivity contribution is 1.06. The van der Waals surface area contributed by atoms with E-state index in [0.29, 0.717) is 0 Å². The van der Waals surface area contributed by atoms with Crippen molar-refractivity contribution in [3.8, 4) is 11.1 Å². The molecule has 86 valence electrons. The van der Waals surface area contributed by atoms with E-state index in [0.717, 1.165) is 23.4 Å². The first-order valence-corrected chi connectivity index (χ1v) is 5.67. The molecule has 0 N–H and O–H groups in total. The zero-order chi connectivity index (χ0) is 12.3. The lowest BCUT2D eigenvalue weighted by Crippen LogP contribution is -1.89. The van der Waals surface area contributed by atoms with E-state index in [-0.39, 0.29) is 0 Å². The van der Waals surface area contributed by atoms with Crippen LogP contribution in [0.1, 0.15) is 18.3 Å². The molecule has 2 nitrogen and oxygen atoms in total. The highest BCUT2D eigenvalue weighted by Crippen LogP contribution is 2.18. The molecule has 0 bridgehead atoms. The van der Waals surface area contributed by atoms with Crippen LogP contribution in [-0.2, 0) is 6.42 Å². The number of nitrogens with zero attached hydrogens (tertiary/aromatic N) is 2. The predicted molar refractivity (Wildman–Crippen MR) is 70.7 cm³/mol. The molecule has 1 aromatic heterocycles. The van der Waals surface area contributed by atoms with Crippen molar-refractivity contribution < 1.29 is 0 Å². The van der Waals surface area contributed by atoms with Crippen molar-refractivity contribution in [3.05, 3.63) is 60.2 Å². The number of hydrogen-bond donors (Lipinski definition) is 0. The molecule has 0 saturated heterocycles. The molecule has 2 rings (SSSR count). The number of aryl methyl sites for hydroxylation is 1. The van der Waals surface area contributed by atoms with E-state index >= 15 is 0 Å². The maximum Gasteiger partial charge on any atom is 0.125 e. The minimum atomic E-state index is 0.799. The summed E-state index contributed by atoms with van der Waals surface area (Å²) in [6.07, 6.45) is 4.65. The van der Waals surface area contributed by atoms with Crippen LogP contribution in [0.5, 0.6) is 0 Å². The lowest BCUT2D eigenvalue weighted by Gasteiger charge is -2.04. The second-order valence-corrected chi connectivity index (χ2v) is 4.35. The zero-order valence-corrected chi connectivity index (χ0v) is 10.3. The van der Waals surface area contributed by atoms with Crippen LogP contribution < -0.4 is 0 Å². The van der Waals surface area contributed by atoms with Gasteiger partial charge in [0.1, 0.15) is 5.82 Å².